The fourth-order valence-corrected chi connectivity index (χ4v) is 4.11. The number of nitrogens with zero attached hydrogens (tertiary/aromatic N) is 1. The third-order valence-electron chi connectivity index (χ3n) is 4.90. The van der Waals surface area contributed by atoms with Gasteiger partial charge in [-0.2, -0.15) is 0 Å². The van der Waals surface area contributed by atoms with Crippen LogP contribution >= 0.6 is 15.9 Å². The molecule has 2 nitrogen and oxygen atoms in total. The van der Waals surface area contributed by atoms with Gasteiger partial charge in [-0.1, -0.05) is 18.9 Å². The Hall–Kier alpha value is -0.450. The van der Waals surface area contributed by atoms with Gasteiger partial charge < -0.3 is 5.11 Å². The molecule has 1 heterocycles. The molecule has 0 bridgehead atoms. The lowest BCUT2D eigenvalue weighted by molar-refractivity contribution is -0.0967. The van der Waals surface area contributed by atoms with Crippen LogP contribution in [-0.4, -0.2) is 28.7 Å². The zero-order chi connectivity index (χ0) is 14.2. The second-order valence-electron chi connectivity index (χ2n) is 6.28. The first-order chi connectivity index (χ1) is 9.57. The van der Waals surface area contributed by atoms with Crippen molar-refractivity contribution in [2.24, 2.45) is 5.92 Å². The molecule has 4 heteroatoms. The molecular weight excluding hydrogens is 321 g/mol. The molecule has 2 aliphatic rings. The van der Waals surface area contributed by atoms with Gasteiger partial charge in [-0.05, 0) is 52.9 Å². The third kappa shape index (κ3) is 2.92. The maximum atomic E-state index is 13.3. The molecule has 1 aliphatic heterocycles. The van der Waals surface area contributed by atoms with Crippen molar-refractivity contribution in [1.82, 2.24) is 4.90 Å². The van der Waals surface area contributed by atoms with E-state index in [1.807, 2.05) is 12.1 Å². The Morgan fingerprint density at radius 3 is 3.00 bits per heavy atom. The van der Waals surface area contributed by atoms with Crippen LogP contribution in [0.5, 0.6) is 0 Å². The van der Waals surface area contributed by atoms with E-state index >= 15 is 0 Å². The minimum absolute atomic E-state index is 0.214. The molecule has 1 saturated carbocycles. The lowest BCUT2D eigenvalue weighted by Crippen LogP contribution is -2.52. The van der Waals surface area contributed by atoms with Crippen LogP contribution in [0.3, 0.4) is 0 Å². The molecule has 1 aliphatic carbocycles. The quantitative estimate of drug-likeness (QED) is 0.886. The number of aliphatic hydroxyl groups is 1. The van der Waals surface area contributed by atoms with E-state index in [1.165, 1.54) is 12.5 Å². The van der Waals surface area contributed by atoms with Gasteiger partial charge in [0.2, 0.25) is 0 Å². The lowest BCUT2D eigenvalue weighted by atomic mass is 9.71. The van der Waals surface area contributed by atoms with Crippen LogP contribution in [0, 0.1) is 11.7 Å². The summed E-state index contributed by atoms with van der Waals surface area (Å²) in [7, 11) is 0. The number of benzene rings is 1. The molecule has 1 aromatic carbocycles. The number of fused-ring (bicyclic) bond motifs is 1. The van der Waals surface area contributed by atoms with Gasteiger partial charge in [0.1, 0.15) is 5.82 Å². The van der Waals surface area contributed by atoms with Gasteiger partial charge in [0.05, 0.1) is 10.1 Å². The van der Waals surface area contributed by atoms with Crippen LogP contribution in [0.2, 0.25) is 0 Å². The summed E-state index contributed by atoms with van der Waals surface area (Å²) in [5, 5.41) is 10.7. The Balaban J connectivity index is 1.66. The maximum Gasteiger partial charge on any atom is 0.137 e. The summed E-state index contributed by atoms with van der Waals surface area (Å²) < 4.78 is 13.8. The molecule has 2 unspecified atom stereocenters. The van der Waals surface area contributed by atoms with Crippen molar-refractivity contribution in [2.45, 2.75) is 44.2 Å². The highest BCUT2D eigenvalue weighted by molar-refractivity contribution is 9.10. The predicted octanol–water partition coefficient (Wildman–Crippen LogP) is 3.72. The predicted molar refractivity (Wildman–Crippen MR) is 80.9 cm³/mol. The standard InChI is InChI=1S/C16H21BrFNO/c17-14-9-12(4-5-15(14)18)10-19-8-7-16(20)6-2-1-3-13(16)11-19/h4-5,9,13,20H,1-3,6-8,10-11H2. The average molecular weight is 342 g/mol. The van der Waals surface area contributed by atoms with E-state index in [0.717, 1.165) is 50.9 Å². The molecule has 0 radical (unpaired) electrons. The monoisotopic (exact) mass is 341 g/mol. The molecule has 1 saturated heterocycles. The highest BCUT2D eigenvalue weighted by Crippen LogP contribution is 2.40. The molecule has 20 heavy (non-hydrogen) atoms. The average Bonchev–Trinajstić information content (AvgIpc) is 2.43. The second-order valence-corrected chi connectivity index (χ2v) is 7.13. The van der Waals surface area contributed by atoms with E-state index in [9.17, 15) is 9.50 Å². The normalized spacial score (nSPS) is 31.1. The lowest BCUT2D eigenvalue weighted by Gasteiger charge is -2.47. The molecule has 2 atom stereocenters. The summed E-state index contributed by atoms with van der Waals surface area (Å²) in [5.74, 6) is 0.197. The van der Waals surface area contributed by atoms with Crippen LogP contribution < -0.4 is 0 Å². The molecular formula is C16H21BrFNO. The van der Waals surface area contributed by atoms with Crippen molar-refractivity contribution < 1.29 is 9.50 Å². The number of halogens is 2. The first kappa shape index (κ1) is 14.5. The van der Waals surface area contributed by atoms with Crippen molar-refractivity contribution in [3.63, 3.8) is 0 Å². The summed E-state index contributed by atoms with van der Waals surface area (Å²) >= 11 is 3.24. The fraction of sp³-hybridized carbons (Fsp3) is 0.625. The van der Waals surface area contributed by atoms with Gasteiger partial charge in [-0.15, -0.1) is 0 Å². The Labute approximate surface area is 128 Å². The van der Waals surface area contributed by atoms with E-state index in [4.69, 9.17) is 0 Å². The van der Waals surface area contributed by atoms with E-state index in [1.54, 1.807) is 0 Å². The number of piperidine rings is 1. The van der Waals surface area contributed by atoms with Gasteiger partial charge in [-0.3, -0.25) is 4.90 Å². The first-order valence-corrected chi connectivity index (χ1v) is 8.25. The van der Waals surface area contributed by atoms with Crippen molar-refractivity contribution in [2.75, 3.05) is 13.1 Å². The summed E-state index contributed by atoms with van der Waals surface area (Å²) in [6.45, 7) is 2.74. The maximum absolute atomic E-state index is 13.3. The van der Waals surface area contributed by atoms with Crippen molar-refractivity contribution in [3.8, 4) is 0 Å². The SMILES string of the molecule is OC12CCCCC1CN(Cc1ccc(F)c(Br)c1)CC2. The van der Waals surface area contributed by atoms with Crippen LogP contribution in [0.15, 0.2) is 22.7 Å². The first-order valence-electron chi connectivity index (χ1n) is 7.45. The second kappa shape index (κ2) is 5.74. The topological polar surface area (TPSA) is 23.5 Å². The minimum Gasteiger partial charge on any atom is -0.390 e. The smallest absolute Gasteiger partial charge is 0.137 e. The molecule has 2 fully saturated rings. The minimum atomic E-state index is -0.419. The van der Waals surface area contributed by atoms with Gasteiger partial charge in [0, 0.05) is 25.6 Å². The summed E-state index contributed by atoms with van der Waals surface area (Å²) in [6, 6.07) is 5.22. The summed E-state index contributed by atoms with van der Waals surface area (Å²) in [5.41, 5.74) is 0.706. The molecule has 1 N–H and O–H groups in total. The Kier molecular flexibility index (Phi) is 4.16. The largest absolute Gasteiger partial charge is 0.390 e. The number of rotatable bonds is 2. The summed E-state index contributed by atoms with van der Waals surface area (Å²) in [6.07, 6.45) is 5.38. The molecule has 3 rings (SSSR count). The fourth-order valence-electron chi connectivity index (χ4n) is 3.68. The van der Waals surface area contributed by atoms with E-state index in [2.05, 4.69) is 20.8 Å². The highest BCUT2D eigenvalue weighted by atomic mass is 79.9. The molecule has 0 spiro atoms. The molecule has 0 aromatic heterocycles. The highest BCUT2D eigenvalue weighted by Gasteiger charge is 2.42. The zero-order valence-corrected chi connectivity index (χ0v) is 13.2. The third-order valence-corrected chi connectivity index (χ3v) is 5.51. The number of hydrogen-bond donors (Lipinski definition) is 1. The Morgan fingerprint density at radius 1 is 1.35 bits per heavy atom. The van der Waals surface area contributed by atoms with Crippen LogP contribution in [0.1, 0.15) is 37.7 Å². The molecule has 110 valence electrons. The van der Waals surface area contributed by atoms with Crippen LogP contribution in [0.25, 0.3) is 0 Å². The van der Waals surface area contributed by atoms with Gasteiger partial charge >= 0.3 is 0 Å². The van der Waals surface area contributed by atoms with E-state index in [-0.39, 0.29) is 5.82 Å². The number of likely N-dealkylation sites (tertiary alicyclic amines) is 1. The Morgan fingerprint density at radius 2 is 2.20 bits per heavy atom. The van der Waals surface area contributed by atoms with Crippen molar-refractivity contribution >= 4 is 15.9 Å². The van der Waals surface area contributed by atoms with Gasteiger partial charge in [0.25, 0.3) is 0 Å². The Bertz CT molecular complexity index is 495. The van der Waals surface area contributed by atoms with Crippen molar-refractivity contribution in [3.05, 3.63) is 34.1 Å². The molecule has 1 aromatic rings. The summed E-state index contributed by atoms with van der Waals surface area (Å²) in [4.78, 5) is 2.39. The van der Waals surface area contributed by atoms with E-state index < -0.39 is 5.60 Å². The van der Waals surface area contributed by atoms with E-state index in [0.29, 0.717) is 10.4 Å². The van der Waals surface area contributed by atoms with Crippen molar-refractivity contribution in [1.29, 1.82) is 0 Å². The van der Waals surface area contributed by atoms with Crippen LogP contribution in [-0.2, 0) is 6.54 Å². The number of hydrogen-bond acceptors (Lipinski definition) is 2. The van der Waals surface area contributed by atoms with Gasteiger partial charge in [0.15, 0.2) is 0 Å². The molecule has 0 amide bonds. The van der Waals surface area contributed by atoms with Gasteiger partial charge in [-0.25, -0.2) is 4.39 Å². The zero-order valence-electron chi connectivity index (χ0n) is 11.6. The van der Waals surface area contributed by atoms with Crippen LogP contribution in [0.4, 0.5) is 4.39 Å².